The summed E-state index contributed by atoms with van der Waals surface area (Å²) in [5.74, 6) is -0.168. The van der Waals surface area contributed by atoms with E-state index in [0.717, 1.165) is 26.6 Å². The number of nitrogens with one attached hydrogen (secondary N) is 1. The van der Waals surface area contributed by atoms with Crippen LogP contribution < -0.4 is 5.32 Å². The predicted octanol–water partition coefficient (Wildman–Crippen LogP) is 2.83. The minimum absolute atomic E-state index is 0.168. The summed E-state index contributed by atoms with van der Waals surface area (Å²) in [4.78, 5) is 16.8. The van der Waals surface area contributed by atoms with Gasteiger partial charge >= 0.3 is 0 Å². The van der Waals surface area contributed by atoms with Crippen molar-refractivity contribution in [2.75, 3.05) is 5.32 Å². The number of nitrogens with zero attached hydrogens (tertiary/aromatic N) is 5. The molecule has 2 aromatic carbocycles. The summed E-state index contributed by atoms with van der Waals surface area (Å²) >= 11 is 1.61. The lowest BCUT2D eigenvalue weighted by atomic mass is 10.2. The first-order valence-corrected chi connectivity index (χ1v) is 8.03. The lowest BCUT2D eigenvalue weighted by Crippen LogP contribution is -2.11. The number of hydrogen-bond acceptors (Lipinski definition) is 6. The molecule has 8 heteroatoms. The third-order valence-corrected chi connectivity index (χ3v) is 4.43. The Morgan fingerprint density at radius 3 is 2.75 bits per heavy atom. The molecule has 0 saturated heterocycles. The molecular formula is C16H12N6OS. The molecule has 4 rings (SSSR count). The van der Waals surface area contributed by atoms with Gasteiger partial charge in [-0.05, 0) is 59.8 Å². The number of aryl methyl sites for hydroxylation is 1. The second kappa shape index (κ2) is 5.82. The number of carbonyl (C=O) groups is 1. The van der Waals surface area contributed by atoms with Gasteiger partial charge in [0, 0.05) is 11.3 Å². The molecule has 24 heavy (non-hydrogen) atoms. The van der Waals surface area contributed by atoms with Gasteiger partial charge in [-0.1, -0.05) is 0 Å². The first-order valence-electron chi connectivity index (χ1n) is 7.21. The summed E-state index contributed by atoms with van der Waals surface area (Å²) < 4.78 is 2.58. The Balaban J connectivity index is 1.54. The SMILES string of the molecule is Cc1nc2ccc(NC(=O)c3ccc(-n4cnnn4)cc3)cc2s1. The van der Waals surface area contributed by atoms with Crippen LogP contribution >= 0.6 is 11.3 Å². The van der Waals surface area contributed by atoms with Crippen molar-refractivity contribution in [1.29, 1.82) is 0 Å². The third-order valence-electron chi connectivity index (χ3n) is 3.50. The largest absolute Gasteiger partial charge is 0.322 e. The van der Waals surface area contributed by atoms with E-state index >= 15 is 0 Å². The van der Waals surface area contributed by atoms with Crippen LogP contribution in [0.4, 0.5) is 5.69 Å². The van der Waals surface area contributed by atoms with E-state index in [2.05, 4.69) is 25.8 Å². The van der Waals surface area contributed by atoms with E-state index in [1.807, 2.05) is 25.1 Å². The molecule has 0 spiro atoms. The smallest absolute Gasteiger partial charge is 0.255 e. The minimum Gasteiger partial charge on any atom is -0.322 e. The Bertz CT molecular complexity index is 1010. The van der Waals surface area contributed by atoms with Crippen LogP contribution in [0.2, 0.25) is 0 Å². The Morgan fingerprint density at radius 2 is 2.00 bits per heavy atom. The van der Waals surface area contributed by atoms with Gasteiger partial charge in [-0.15, -0.1) is 16.4 Å². The Labute approximate surface area is 141 Å². The van der Waals surface area contributed by atoms with E-state index in [-0.39, 0.29) is 5.91 Å². The highest BCUT2D eigenvalue weighted by atomic mass is 32.1. The number of carbonyl (C=O) groups excluding carboxylic acids is 1. The van der Waals surface area contributed by atoms with Crippen molar-refractivity contribution < 1.29 is 4.79 Å². The molecule has 0 bridgehead atoms. The predicted molar refractivity (Wildman–Crippen MR) is 91.5 cm³/mol. The van der Waals surface area contributed by atoms with Gasteiger partial charge < -0.3 is 5.32 Å². The Hall–Kier alpha value is -3.13. The van der Waals surface area contributed by atoms with Crippen molar-refractivity contribution in [1.82, 2.24) is 25.2 Å². The van der Waals surface area contributed by atoms with Crippen molar-refractivity contribution in [3.8, 4) is 5.69 Å². The molecule has 1 amide bonds. The van der Waals surface area contributed by atoms with Crippen LogP contribution in [0.3, 0.4) is 0 Å². The average Bonchev–Trinajstić information content (AvgIpc) is 3.23. The van der Waals surface area contributed by atoms with Gasteiger partial charge in [0.1, 0.15) is 6.33 Å². The van der Waals surface area contributed by atoms with Crippen molar-refractivity contribution in [3.05, 3.63) is 59.4 Å². The quantitative estimate of drug-likeness (QED) is 0.622. The van der Waals surface area contributed by atoms with Gasteiger partial charge in [-0.3, -0.25) is 4.79 Å². The van der Waals surface area contributed by atoms with E-state index in [4.69, 9.17) is 0 Å². The zero-order valence-electron chi connectivity index (χ0n) is 12.7. The second-order valence-corrected chi connectivity index (χ2v) is 6.41. The molecule has 0 radical (unpaired) electrons. The van der Waals surface area contributed by atoms with Gasteiger partial charge in [0.15, 0.2) is 0 Å². The van der Waals surface area contributed by atoms with Gasteiger partial charge in [-0.25, -0.2) is 9.67 Å². The van der Waals surface area contributed by atoms with E-state index in [0.29, 0.717) is 5.56 Å². The molecule has 2 heterocycles. The first kappa shape index (κ1) is 14.5. The summed E-state index contributed by atoms with van der Waals surface area (Å²) in [5, 5.41) is 14.9. The summed E-state index contributed by atoms with van der Waals surface area (Å²) in [7, 11) is 0. The van der Waals surface area contributed by atoms with Crippen molar-refractivity contribution in [2.45, 2.75) is 6.92 Å². The van der Waals surface area contributed by atoms with Gasteiger partial charge in [0.2, 0.25) is 0 Å². The molecule has 0 aliphatic rings. The molecular weight excluding hydrogens is 324 g/mol. The molecule has 0 unspecified atom stereocenters. The first-order chi connectivity index (χ1) is 11.7. The standard InChI is InChI=1S/C16H12N6OS/c1-10-18-14-7-4-12(8-15(14)24-10)19-16(23)11-2-5-13(6-3-11)22-9-17-20-21-22/h2-9H,1H3,(H,19,23). The maximum atomic E-state index is 12.4. The normalized spacial score (nSPS) is 10.9. The van der Waals surface area contributed by atoms with Crippen LogP contribution in [0.5, 0.6) is 0 Å². The van der Waals surface area contributed by atoms with Crippen molar-refractivity contribution in [2.24, 2.45) is 0 Å². The molecule has 0 atom stereocenters. The van der Waals surface area contributed by atoms with Crippen molar-refractivity contribution >= 4 is 33.1 Å². The zero-order chi connectivity index (χ0) is 16.5. The van der Waals surface area contributed by atoms with Crippen molar-refractivity contribution in [3.63, 3.8) is 0 Å². The molecule has 0 saturated carbocycles. The maximum absolute atomic E-state index is 12.4. The Morgan fingerprint density at radius 1 is 1.17 bits per heavy atom. The maximum Gasteiger partial charge on any atom is 0.255 e. The molecule has 1 N–H and O–H groups in total. The number of thiazole rings is 1. The van der Waals surface area contributed by atoms with E-state index in [1.54, 1.807) is 35.6 Å². The molecule has 4 aromatic rings. The molecule has 0 fully saturated rings. The van der Waals surface area contributed by atoms with E-state index < -0.39 is 0 Å². The molecule has 2 aromatic heterocycles. The highest BCUT2D eigenvalue weighted by Gasteiger charge is 2.08. The van der Waals surface area contributed by atoms with Crippen LogP contribution in [0, 0.1) is 6.92 Å². The van der Waals surface area contributed by atoms with E-state index in [1.165, 1.54) is 11.0 Å². The highest BCUT2D eigenvalue weighted by molar-refractivity contribution is 7.18. The molecule has 7 nitrogen and oxygen atoms in total. The zero-order valence-corrected chi connectivity index (χ0v) is 13.5. The van der Waals surface area contributed by atoms with Gasteiger partial charge in [0.05, 0.1) is 20.9 Å². The summed E-state index contributed by atoms with van der Waals surface area (Å²) in [5.41, 5.74) is 3.05. The molecule has 0 aliphatic carbocycles. The number of rotatable bonds is 3. The number of hydrogen-bond donors (Lipinski definition) is 1. The summed E-state index contributed by atoms with van der Waals surface area (Å²) in [6.45, 7) is 1.97. The second-order valence-electron chi connectivity index (χ2n) is 5.17. The fourth-order valence-corrected chi connectivity index (χ4v) is 3.23. The lowest BCUT2D eigenvalue weighted by Gasteiger charge is -2.06. The topological polar surface area (TPSA) is 85.6 Å². The average molecular weight is 336 g/mol. The molecule has 118 valence electrons. The summed E-state index contributed by atoms with van der Waals surface area (Å²) in [6, 6.07) is 12.8. The van der Waals surface area contributed by atoms with Crippen LogP contribution in [0.15, 0.2) is 48.8 Å². The third kappa shape index (κ3) is 2.74. The number of aromatic nitrogens is 5. The number of tetrazole rings is 1. The van der Waals surface area contributed by atoms with E-state index in [9.17, 15) is 4.79 Å². The van der Waals surface area contributed by atoms with Gasteiger partial charge in [0.25, 0.3) is 5.91 Å². The fourth-order valence-electron chi connectivity index (χ4n) is 2.37. The minimum atomic E-state index is -0.168. The highest BCUT2D eigenvalue weighted by Crippen LogP contribution is 2.25. The van der Waals surface area contributed by atoms with Crippen LogP contribution in [0.25, 0.3) is 15.9 Å². The number of fused-ring (bicyclic) bond motifs is 1. The monoisotopic (exact) mass is 336 g/mol. The fraction of sp³-hybridized carbons (Fsp3) is 0.0625. The van der Waals surface area contributed by atoms with Gasteiger partial charge in [-0.2, -0.15) is 0 Å². The number of amides is 1. The van der Waals surface area contributed by atoms with Crippen LogP contribution in [-0.2, 0) is 0 Å². The Kier molecular flexibility index (Phi) is 3.51. The lowest BCUT2D eigenvalue weighted by molar-refractivity contribution is 0.102. The summed E-state index contributed by atoms with van der Waals surface area (Å²) in [6.07, 6.45) is 1.50. The molecule has 0 aliphatic heterocycles. The van der Waals surface area contributed by atoms with Crippen LogP contribution in [-0.4, -0.2) is 31.1 Å². The van der Waals surface area contributed by atoms with Crippen LogP contribution in [0.1, 0.15) is 15.4 Å². The number of anilines is 1. The number of benzene rings is 2.